The van der Waals surface area contributed by atoms with Gasteiger partial charge in [0.15, 0.2) is 0 Å². The van der Waals surface area contributed by atoms with Gasteiger partial charge in [-0.25, -0.2) is 4.98 Å². The van der Waals surface area contributed by atoms with Gasteiger partial charge in [-0.05, 0) is 49.7 Å². The van der Waals surface area contributed by atoms with Gasteiger partial charge in [-0.1, -0.05) is 30.2 Å². The van der Waals surface area contributed by atoms with Crippen molar-refractivity contribution in [1.29, 1.82) is 0 Å². The van der Waals surface area contributed by atoms with Gasteiger partial charge in [-0.15, -0.1) is 0 Å². The highest BCUT2D eigenvalue weighted by Gasteiger charge is 2.23. The summed E-state index contributed by atoms with van der Waals surface area (Å²) >= 11 is 6.03. The molecule has 1 saturated heterocycles. The molecule has 5 nitrogen and oxygen atoms in total. The summed E-state index contributed by atoms with van der Waals surface area (Å²) in [5.41, 5.74) is 1.70. The van der Waals surface area contributed by atoms with Gasteiger partial charge in [-0.3, -0.25) is 9.69 Å². The quantitative estimate of drug-likeness (QED) is 0.838. The average molecular weight is 374 g/mol. The van der Waals surface area contributed by atoms with Gasteiger partial charge < -0.3 is 10.1 Å². The number of ether oxygens (including phenoxy) is 1. The van der Waals surface area contributed by atoms with E-state index in [4.69, 9.17) is 16.3 Å². The third-order valence-corrected chi connectivity index (χ3v) is 5.00. The van der Waals surface area contributed by atoms with Crippen LogP contribution in [0.15, 0.2) is 42.6 Å². The second kappa shape index (κ2) is 9.01. The molecule has 0 bridgehead atoms. The van der Waals surface area contributed by atoms with Gasteiger partial charge in [0.25, 0.3) is 5.91 Å². The minimum Gasteiger partial charge on any atom is -0.481 e. The molecule has 1 N–H and O–H groups in total. The van der Waals surface area contributed by atoms with Crippen LogP contribution >= 0.6 is 11.6 Å². The molecule has 1 aliphatic rings. The number of piperidine rings is 1. The smallest absolute Gasteiger partial charge is 0.252 e. The summed E-state index contributed by atoms with van der Waals surface area (Å²) in [4.78, 5) is 19.0. The fourth-order valence-electron chi connectivity index (χ4n) is 3.30. The van der Waals surface area contributed by atoms with Crippen LogP contribution in [0.25, 0.3) is 0 Å². The van der Waals surface area contributed by atoms with E-state index in [1.54, 1.807) is 19.2 Å². The van der Waals surface area contributed by atoms with Crippen LogP contribution in [-0.4, -0.2) is 42.5 Å². The molecule has 2 aromatic rings. The van der Waals surface area contributed by atoms with Crippen molar-refractivity contribution in [2.45, 2.75) is 25.3 Å². The lowest BCUT2D eigenvalue weighted by atomic mass is 10.0. The highest BCUT2D eigenvalue weighted by atomic mass is 35.5. The molecule has 1 aliphatic heterocycles. The molecule has 0 unspecified atom stereocenters. The van der Waals surface area contributed by atoms with Crippen LogP contribution < -0.4 is 10.1 Å². The van der Waals surface area contributed by atoms with E-state index >= 15 is 0 Å². The number of nitrogens with one attached hydrogen (secondary N) is 1. The van der Waals surface area contributed by atoms with Gasteiger partial charge >= 0.3 is 0 Å². The van der Waals surface area contributed by atoms with Crippen molar-refractivity contribution in [3.05, 3.63) is 58.7 Å². The number of nitrogens with zero attached hydrogens (tertiary/aromatic N) is 2. The maximum atomic E-state index is 12.5. The number of likely N-dealkylation sites (tertiary alicyclic amines) is 1. The summed E-state index contributed by atoms with van der Waals surface area (Å²) in [6, 6.07) is 11.5. The maximum Gasteiger partial charge on any atom is 0.252 e. The molecule has 0 aliphatic carbocycles. The molecule has 1 amide bonds. The van der Waals surface area contributed by atoms with Gasteiger partial charge in [-0.2, -0.15) is 0 Å². The Hall–Kier alpha value is -2.11. The van der Waals surface area contributed by atoms with Gasteiger partial charge in [0, 0.05) is 23.8 Å². The van der Waals surface area contributed by atoms with E-state index in [0.717, 1.165) is 18.1 Å². The third kappa shape index (κ3) is 4.74. The molecular weight excluding hydrogens is 350 g/mol. The number of amides is 1. The van der Waals surface area contributed by atoms with Gasteiger partial charge in [0.05, 0.1) is 18.7 Å². The first kappa shape index (κ1) is 18.7. The van der Waals surface area contributed by atoms with Crippen LogP contribution in [0.5, 0.6) is 5.88 Å². The molecule has 0 radical (unpaired) electrons. The Bertz CT molecular complexity index is 713. The fourth-order valence-corrected chi connectivity index (χ4v) is 3.43. The number of pyridine rings is 1. The van der Waals surface area contributed by atoms with E-state index in [-0.39, 0.29) is 11.9 Å². The topological polar surface area (TPSA) is 54.5 Å². The number of halogens is 1. The zero-order valence-corrected chi connectivity index (χ0v) is 15.7. The Morgan fingerprint density at radius 1 is 1.19 bits per heavy atom. The summed E-state index contributed by atoms with van der Waals surface area (Å²) in [6.07, 6.45) is 5.20. The summed E-state index contributed by atoms with van der Waals surface area (Å²) < 4.78 is 5.03. The van der Waals surface area contributed by atoms with Crippen molar-refractivity contribution < 1.29 is 9.53 Å². The standard InChI is InChI=1S/C20H24ClN3O2/c1-26-19-10-7-16(13-22-19)20(25)23-14-18(24-11-3-2-4-12-24)15-5-8-17(21)9-6-15/h5-10,13,18H,2-4,11-12,14H2,1H3,(H,23,25)/t18-/m1/s1. The first-order valence-electron chi connectivity index (χ1n) is 8.95. The molecule has 2 heterocycles. The van der Waals surface area contributed by atoms with Crippen LogP contribution in [0.1, 0.15) is 41.2 Å². The van der Waals surface area contributed by atoms with Gasteiger partial charge in [0.2, 0.25) is 5.88 Å². The highest BCUT2D eigenvalue weighted by molar-refractivity contribution is 6.30. The molecule has 26 heavy (non-hydrogen) atoms. The largest absolute Gasteiger partial charge is 0.481 e. The minimum atomic E-state index is -0.129. The van der Waals surface area contributed by atoms with Crippen molar-refractivity contribution in [3.8, 4) is 5.88 Å². The van der Waals surface area contributed by atoms with E-state index in [2.05, 4.69) is 15.2 Å². The summed E-state index contributed by atoms with van der Waals surface area (Å²) in [6.45, 7) is 2.65. The molecule has 1 aromatic carbocycles. The Labute approximate surface area is 159 Å². The van der Waals surface area contributed by atoms with Crippen molar-refractivity contribution >= 4 is 17.5 Å². The van der Waals surface area contributed by atoms with E-state index < -0.39 is 0 Å². The van der Waals surface area contributed by atoms with Crippen molar-refractivity contribution in [2.24, 2.45) is 0 Å². The average Bonchev–Trinajstić information content (AvgIpc) is 2.70. The van der Waals surface area contributed by atoms with E-state index in [1.807, 2.05) is 24.3 Å². The number of benzene rings is 1. The number of carbonyl (C=O) groups is 1. The van der Waals surface area contributed by atoms with Crippen LogP contribution in [0.4, 0.5) is 0 Å². The van der Waals surface area contributed by atoms with E-state index in [9.17, 15) is 4.79 Å². The zero-order valence-electron chi connectivity index (χ0n) is 15.0. The Kier molecular flexibility index (Phi) is 6.47. The monoisotopic (exact) mass is 373 g/mol. The van der Waals surface area contributed by atoms with Crippen LogP contribution in [-0.2, 0) is 0 Å². The summed E-state index contributed by atoms with van der Waals surface area (Å²) in [5, 5.41) is 3.77. The number of hydrogen-bond acceptors (Lipinski definition) is 4. The second-order valence-electron chi connectivity index (χ2n) is 6.46. The van der Waals surface area contributed by atoms with Crippen molar-refractivity contribution in [1.82, 2.24) is 15.2 Å². The normalized spacial score (nSPS) is 16.1. The lowest BCUT2D eigenvalue weighted by Crippen LogP contribution is -2.40. The zero-order chi connectivity index (χ0) is 18.4. The number of methoxy groups -OCH3 is 1. The lowest BCUT2D eigenvalue weighted by molar-refractivity contribution is 0.0924. The Balaban J connectivity index is 1.70. The number of aromatic nitrogens is 1. The summed E-state index contributed by atoms with van der Waals surface area (Å²) in [7, 11) is 1.55. The predicted octanol–water partition coefficient (Wildman–Crippen LogP) is 3.70. The van der Waals surface area contributed by atoms with Gasteiger partial charge in [0.1, 0.15) is 0 Å². The van der Waals surface area contributed by atoms with Crippen LogP contribution in [0.3, 0.4) is 0 Å². The second-order valence-corrected chi connectivity index (χ2v) is 6.90. The van der Waals surface area contributed by atoms with Crippen LogP contribution in [0.2, 0.25) is 5.02 Å². The Morgan fingerprint density at radius 3 is 2.54 bits per heavy atom. The highest BCUT2D eigenvalue weighted by Crippen LogP contribution is 2.25. The minimum absolute atomic E-state index is 0.129. The molecular formula is C20H24ClN3O2. The maximum absolute atomic E-state index is 12.5. The number of hydrogen-bond donors (Lipinski definition) is 1. The lowest BCUT2D eigenvalue weighted by Gasteiger charge is -2.35. The third-order valence-electron chi connectivity index (χ3n) is 4.75. The number of carbonyl (C=O) groups excluding carboxylic acids is 1. The van der Waals surface area contributed by atoms with Crippen LogP contribution in [0, 0.1) is 0 Å². The molecule has 6 heteroatoms. The molecule has 1 atom stereocenters. The van der Waals surface area contributed by atoms with E-state index in [0.29, 0.717) is 18.0 Å². The fraction of sp³-hybridized carbons (Fsp3) is 0.400. The molecule has 1 fully saturated rings. The molecule has 138 valence electrons. The molecule has 1 aromatic heterocycles. The Morgan fingerprint density at radius 2 is 1.92 bits per heavy atom. The van der Waals surface area contributed by atoms with Crippen molar-refractivity contribution in [3.63, 3.8) is 0 Å². The van der Waals surface area contributed by atoms with E-state index in [1.165, 1.54) is 31.0 Å². The first-order chi connectivity index (χ1) is 12.7. The molecule has 0 spiro atoms. The summed E-state index contributed by atoms with van der Waals surface area (Å²) in [5.74, 6) is 0.366. The SMILES string of the molecule is COc1ccc(C(=O)NC[C@H](c2ccc(Cl)cc2)N2CCCCC2)cn1. The predicted molar refractivity (Wildman–Crippen MR) is 103 cm³/mol. The molecule has 3 rings (SSSR count). The van der Waals surface area contributed by atoms with Crippen molar-refractivity contribution in [2.75, 3.05) is 26.7 Å². The first-order valence-corrected chi connectivity index (χ1v) is 9.33. The molecule has 0 saturated carbocycles. The number of rotatable bonds is 6.